The zero-order chi connectivity index (χ0) is 22.6. The molecule has 3 N–H and O–H groups in total. The largest absolute Gasteiger partial charge is 0.482 e. The minimum atomic E-state index is -3.93. The number of nitrogens with one attached hydrogen (secondary N) is 1. The van der Waals surface area contributed by atoms with Crippen molar-refractivity contribution >= 4 is 38.6 Å². The Morgan fingerprint density at radius 1 is 1.13 bits per heavy atom. The first-order valence-corrected chi connectivity index (χ1v) is 10.5. The first-order valence-electron chi connectivity index (χ1n) is 8.92. The summed E-state index contributed by atoms with van der Waals surface area (Å²) in [4.78, 5) is 35.3. The van der Waals surface area contributed by atoms with Crippen molar-refractivity contribution in [1.82, 2.24) is 0 Å². The summed E-state index contributed by atoms with van der Waals surface area (Å²) in [7, 11) is -3.93. The van der Waals surface area contributed by atoms with Gasteiger partial charge in [-0.2, -0.15) is 0 Å². The van der Waals surface area contributed by atoms with Crippen molar-refractivity contribution in [3.63, 3.8) is 0 Å². The summed E-state index contributed by atoms with van der Waals surface area (Å²) in [6.07, 6.45) is -1.18. The Bertz CT molecular complexity index is 1300. The van der Waals surface area contributed by atoms with Crippen LogP contribution in [0.4, 0.5) is 5.69 Å². The van der Waals surface area contributed by atoms with Gasteiger partial charge in [0.25, 0.3) is 5.91 Å². The second kappa shape index (κ2) is 8.98. The highest BCUT2D eigenvalue weighted by atomic mass is 32.2. The number of anilines is 1. The SMILES string of the molecule is CC(OC(=O)COc1ccc2ccc(=O)oc2c1)C(=O)Nc1cccc(S(N)(=O)=O)c1. The maximum Gasteiger partial charge on any atom is 0.344 e. The lowest BCUT2D eigenvalue weighted by molar-refractivity contribution is -0.155. The monoisotopic (exact) mass is 446 g/mol. The maximum atomic E-state index is 12.2. The van der Waals surface area contributed by atoms with E-state index < -0.39 is 40.2 Å². The molecule has 1 amide bonds. The first-order chi connectivity index (χ1) is 14.6. The van der Waals surface area contributed by atoms with E-state index in [9.17, 15) is 22.8 Å². The molecule has 31 heavy (non-hydrogen) atoms. The molecule has 1 unspecified atom stereocenters. The van der Waals surface area contributed by atoms with Gasteiger partial charge in [-0.3, -0.25) is 4.79 Å². The maximum absolute atomic E-state index is 12.2. The van der Waals surface area contributed by atoms with Gasteiger partial charge in [-0.05, 0) is 43.3 Å². The molecule has 10 nitrogen and oxygen atoms in total. The van der Waals surface area contributed by atoms with Gasteiger partial charge in [0.2, 0.25) is 10.0 Å². The third-order valence-electron chi connectivity index (χ3n) is 4.06. The van der Waals surface area contributed by atoms with E-state index >= 15 is 0 Å². The van der Waals surface area contributed by atoms with E-state index in [-0.39, 0.29) is 16.3 Å². The highest BCUT2D eigenvalue weighted by Gasteiger charge is 2.19. The van der Waals surface area contributed by atoms with Gasteiger partial charge < -0.3 is 19.2 Å². The lowest BCUT2D eigenvalue weighted by atomic mass is 10.2. The Labute approximate surface area is 176 Å². The number of nitrogens with two attached hydrogens (primary N) is 1. The third kappa shape index (κ3) is 5.90. The number of fused-ring (bicyclic) bond motifs is 1. The molecule has 0 bridgehead atoms. The number of carbonyl (C=O) groups excluding carboxylic acids is 2. The van der Waals surface area contributed by atoms with E-state index in [1.54, 1.807) is 18.2 Å². The number of amides is 1. The van der Waals surface area contributed by atoms with E-state index in [0.29, 0.717) is 11.0 Å². The first kappa shape index (κ1) is 22.0. The van der Waals surface area contributed by atoms with E-state index in [4.69, 9.17) is 19.0 Å². The molecule has 0 aliphatic carbocycles. The van der Waals surface area contributed by atoms with Crippen LogP contribution >= 0.6 is 0 Å². The molecule has 0 aliphatic heterocycles. The lowest BCUT2D eigenvalue weighted by Gasteiger charge is -2.14. The van der Waals surface area contributed by atoms with Crippen molar-refractivity contribution in [3.05, 3.63) is 65.0 Å². The molecule has 0 saturated heterocycles. The van der Waals surface area contributed by atoms with Crippen molar-refractivity contribution in [1.29, 1.82) is 0 Å². The second-order valence-corrected chi connectivity index (χ2v) is 8.00. The van der Waals surface area contributed by atoms with Gasteiger partial charge in [0, 0.05) is 23.2 Å². The van der Waals surface area contributed by atoms with Gasteiger partial charge in [0.05, 0.1) is 4.90 Å². The molecule has 162 valence electrons. The summed E-state index contributed by atoms with van der Waals surface area (Å²) in [5, 5.41) is 8.18. The van der Waals surface area contributed by atoms with Crippen molar-refractivity contribution < 1.29 is 31.9 Å². The summed E-state index contributed by atoms with van der Waals surface area (Å²) in [6.45, 7) is 0.864. The zero-order valence-electron chi connectivity index (χ0n) is 16.2. The van der Waals surface area contributed by atoms with Crippen LogP contribution in [-0.4, -0.2) is 33.0 Å². The molecule has 0 saturated carbocycles. The van der Waals surface area contributed by atoms with Crippen LogP contribution in [0.2, 0.25) is 0 Å². The normalized spacial score (nSPS) is 12.2. The Balaban J connectivity index is 1.55. The number of hydrogen-bond acceptors (Lipinski definition) is 8. The predicted octanol–water partition coefficient (Wildman–Crippen LogP) is 1.39. The number of ether oxygens (including phenoxy) is 2. The molecular formula is C20H18N2O8S. The molecule has 0 radical (unpaired) electrons. The number of carbonyl (C=O) groups is 2. The Morgan fingerprint density at radius 3 is 2.61 bits per heavy atom. The van der Waals surface area contributed by atoms with Gasteiger partial charge in [-0.25, -0.2) is 23.1 Å². The molecule has 2 aromatic carbocycles. The minimum absolute atomic E-state index is 0.172. The quantitative estimate of drug-likeness (QED) is 0.407. The molecule has 0 spiro atoms. The Kier molecular flexibility index (Phi) is 6.37. The molecule has 0 fully saturated rings. The zero-order valence-corrected chi connectivity index (χ0v) is 17.0. The average molecular weight is 446 g/mol. The van der Waals surface area contributed by atoms with Crippen molar-refractivity contribution in [2.24, 2.45) is 5.14 Å². The molecule has 3 aromatic rings. The van der Waals surface area contributed by atoms with Gasteiger partial charge in [0.1, 0.15) is 11.3 Å². The topological polar surface area (TPSA) is 155 Å². The van der Waals surface area contributed by atoms with Crippen LogP contribution in [0.15, 0.2) is 68.7 Å². The van der Waals surface area contributed by atoms with Gasteiger partial charge in [-0.1, -0.05) is 6.07 Å². The molecule has 0 aliphatic rings. The summed E-state index contributed by atoms with van der Waals surface area (Å²) < 4.78 is 38.2. The fourth-order valence-corrected chi connectivity index (χ4v) is 3.11. The van der Waals surface area contributed by atoms with Crippen LogP contribution in [0.25, 0.3) is 11.0 Å². The van der Waals surface area contributed by atoms with Crippen LogP contribution in [-0.2, 0) is 24.3 Å². The molecule has 1 heterocycles. The number of esters is 1. The van der Waals surface area contributed by atoms with Crippen LogP contribution in [0, 0.1) is 0 Å². The minimum Gasteiger partial charge on any atom is -0.482 e. The number of hydrogen-bond donors (Lipinski definition) is 2. The number of benzene rings is 2. The van der Waals surface area contributed by atoms with Crippen molar-refractivity contribution in [2.75, 3.05) is 11.9 Å². The molecule has 1 aromatic heterocycles. The van der Waals surface area contributed by atoms with Crippen molar-refractivity contribution in [3.8, 4) is 5.75 Å². The smallest absolute Gasteiger partial charge is 0.344 e. The molecule has 11 heteroatoms. The predicted molar refractivity (Wildman–Crippen MR) is 110 cm³/mol. The molecule has 1 atom stereocenters. The average Bonchev–Trinajstić information content (AvgIpc) is 2.71. The summed E-state index contributed by atoms with van der Waals surface area (Å²) in [5.41, 5.74) is -0.0420. The van der Waals surface area contributed by atoms with Crippen LogP contribution in [0.3, 0.4) is 0 Å². The lowest BCUT2D eigenvalue weighted by Crippen LogP contribution is -2.31. The van der Waals surface area contributed by atoms with Gasteiger partial charge in [-0.15, -0.1) is 0 Å². The van der Waals surface area contributed by atoms with E-state index in [1.807, 2.05) is 0 Å². The van der Waals surface area contributed by atoms with Gasteiger partial charge in [0.15, 0.2) is 12.7 Å². The van der Waals surface area contributed by atoms with E-state index in [1.165, 1.54) is 43.3 Å². The number of rotatable bonds is 7. The van der Waals surface area contributed by atoms with E-state index in [0.717, 1.165) is 0 Å². The van der Waals surface area contributed by atoms with Crippen molar-refractivity contribution in [2.45, 2.75) is 17.9 Å². The fraction of sp³-hybridized carbons (Fsp3) is 0.150. The highest BCUT2D eigenvalue weighted by Crippen LogP contribution is 2.19. The molecular weight excluding hydrogens is 428 g/mol. The standard InChI is InChI=1S/C20H18N2O8S/c1-12(20(25)22-14-3-2-4-16(9-14)31(21,26)27)29-19(24)11-28-15-7-5-13-6-8-18(23)30-17(13)10-15/h2-10,12H,11H2,1H3,(H,22,25)(H2,21,26,27). The number of sulfonamides is 1. The summed E-state index contributed by atoms with van der Waals surface area (Å²) >= 11 is 0. The Morgan fingerprint density at radius 2 is 1.87 bits per heavy atom. The van der Waals surface area contributed by atoms with Crippen LogP contribution in [0.5, 0.6) is 5.75 Å². The Hall–Kier alpha value is -3.70. The second-order valence-electron chi connectivity index (χ2n) is 6.44. The van der Waals surface area contributed by atoms with E-state index in [2.05, 4.69) is 5.32 Å². The van der Waals surface area contributed by atoms with Crippen LogP contribution < -0.4 is 20.8 Å². The highest BCUT2D eigenvalue weighted by molar-refractivity contribution is 7.89. The summed E-state index contributed by atoms with van der Waals surface area (Å²) in [6, 6.07) is 12.9. The molecule has 3 rings (SSSR count). The fourth-order valence-electron chi connectivity index (χ4n) is 2.55. The van der Waals surface area contributed by atoms with Crippen LogP contribution in [0.1, 0.15) is 6.92 Å². The summed E-state index contributed by atoms with van der Waals surface area (Å²) in [5.74, 6) is -1.21. The number of primary sulfonamides is 1. The third-order valence-corrected chi connectivity index (χ3v) is 4.97. The van der Waals surface area contributed by atoms with Gasteiger partial charge >= 0.3 is 11.6 Å².